The molecule has 1 aliphatic rings. The van der Waals surface area contributed by atoms with E-state index >= 15 is 0 Å². The van der Waals surface area contributed by atoms with Crippen LogP contribution in [0.1, 0.15) is 5.56 Å². The van der Waals surface area contributed by atoms with E-state index in [1.807, 2.05) is 0 Å². The Labute approximate surface area is 69.4 Å². The van der Waals surface area contributed by atoms with Crippen molar-refractivity contribution in [3.05, 3.63) is 30.4 Å². The number of fused-ring (bicyclic) bond motifs is 1. The number of nitrogens with zero attached hydrogens (tertiary/aromatic N) is 4. The Bertz CT molecular complexity index is 330. The average molecular weight is 158 g/mol. The number of aliphatic imine (C=N–C) groups is 2. The van der Waals surface area contributed by atoms with Crippen LogP contribution >= 0.6 is 0 Å². The van der Waals surface area contributed by atoms with E-state index in [0.29, 0.717) is 5.82 Å². The zero-order valence-electron chi connectivity index (χ0n) is 6.25. The first kappa shape index (κ1) is 6.84. The Morgan fingerprint density at radius 3 is 3.25 bits per heavy atom. The molecular weight excluding hydrogens is 152 g/mol. The Morgan fingerprint density at radius 1 is 1.25 bits per heavy atom. The molecule has 0 bridgehead atoms. The predicted octanol–water partition coefficient (Wildman–Crippen LogP) is 1.13. The first-order chi connectivity index (χ1) is 5.97. The summed E-state index contributed by atoms with van der Waals surface area (Å²) in [4.78, 5) is 15.9. The predicted molar refractivity (Wildman–Crippen MR) is 46.9 cm³/mol. The van der Waals surface area contributed by atoms with E-state index in [-0.39, 0.29) is 0 Å². The van der Waals surface area contributed by atoms with Crippen LogP contribution in [0.25, 0.3) is 0 Å². The first-order valence-corrected chi connectivity index (χ1v) is 3.49. The molecule has 2 heterocycles. The lowest BCUT2D eigenvalue weighted by atomic mass is 10.3. The van der Waals surface area contributed by atoms with E-state index < -0.39 is 0 Å². The molecule has 1 aromatic heterocycles. The van der Waals surface area contributed by atoms with Crippen molar-refractivity contribution >= 4 is 18.2 Å². The molecule has 0 amide bonds. The molecule has 0 saturated heterocycles. The lowest BCUT2D eigenvalue weighted by molar-refractivity contribution is 1.14. The Kier molecular flexibility index (Phi) is 1.74. The Balaban J connectivity index is 2.54. The second-order valence-corrected chi connectivity index (χ2v) is 2.20. The second-order valence-electron chi connectivity index (χ2n) is 2.20. The molecule has 1 aliphatic heterocycles. The molecule has 58 valence electrons. The molecule has 4 nitrogen and oxygen atoms in total. The number of hydrogen-bond acceptors (Lipinski definition) is 4. The van der Waals surface area contributed by atoms with Gasteiger partial charge in [-0.1, -0.05) is 0 Å². The fourth-order valence-electron chi connectivity index (χ4n) is 0.858. The molecule has 0 atom stereocenters. The molecule has 4 heteroatoms. The zero-order chi connectivity index (χ0) is 8.23. The van der Waals surface area contributed by atoms with Crippen LogP contribution in [0.3, 0.4) is 0 Å². The average Bonchev–Trinajstić information content (AvgIpc) is 2.06. The molecular formula is C8H6N4. The molecule has 0 aliphatic carbocycles. The van der Waals surface area contributed by atoms with Gasteiger partial charge < -0.3 is 0 Å². The fourth-order valence-corrected chi connectivity index (χ4v) is 0.858. The molecule has 0 aromatic carbocycles. The van der Waals surface area contributed by atoms with Crippen LogP contribution in [-0.2, 0) is 0 Å². The van der Waals surface area contributed by atoms with Gasteiger partial charge in [0.2, 0.25) is 0 Å². The molecule has 0 fully saturated rings. The summed E-state index contributed by atoms with van der Waals surface area (Å²) < 4.78 is 0. The van der Waals surface area contributed by atoms with E-state index in [0.717, 1.165) is 5.56 Å². The largest absolute Gasteiger partial charge is 0.264 e. The number of allylic oxidation sites excluding steroid dienone is 1. The summed E-state index contributed by atoms with van der Waals surface area (Å²) in [6.45, 7) is 0. The minimum atomic E-state index is 0.651. The van der Waals surface area contributed by atoms with Gasteiger partial charge in [0, 0.05) is 24.8 Å². The lowest BCUT2D eigenvalue weighted by Gasteiger charge is -1.96. The van der Waals surface area contributed by atoms with E-state index in [1.165, 1.54) is 6.33 Å². The maximum atomic E-state index is 4.09. The molecule has 1 aromatic rings. The van der Waals surface area contributed by atoms with Gasteiger partial charge in [0.1, 0.15) is 6.33 Å². The topological polar surface area (TPSA) is 50.5 Å². The summed E-state index contributed by atoms with van der Waals surface area (Å²) >= 11 is 0. The fraction of sp³-hybridized carbons (Fsp3) is 0. The third-order valence-corrected chi connectivity index (χ3v) is 1.39. The maximum Gasteiger partial charge on any atom is 0.164 e. The van der Waals surface area contributed by atoms with Crippen LogP contribution in [-0.4, -0.2) is 22.4 Å². The van der Waals surface area contributed by atoms with Gasteiger partial charge in [-0.25, -0.2) is 15.0 Å². The quantitative estimate of drug-likeness (QED) is 0.568. The van der Waals surface area contributed by atoms with Gasteiger partial charge in [-0.2, -0.15) is 0 Å². The summed E-state index contributed by atoms with van der Waals surface area (Å²) in [6, 6.07) is 0. The van der Waals surface area contributed by atoms with E-state index in [4.69, 9.17) is 0 Å². The molecule has 2 rings (SSSR count). The van der Waals surface area contributed by atoms with Crippen molar-refractivity contribution in [2.45, 2.75) is 0 Å². The van der Waals surface area contributed by atoms with E-state index in [2.05, 4.69) is 20.0 Å². The zero-order valence-corrected chi connectivity index (χ0v) is 6.25. The van der Waals surface area contributed by atoms with Crippen molar-refractivity contribution in [1.29, 1.82) is 0 Å². The highest BCUT2D eigenvalue weighted by Crippen LogP contribution is 2.11. The number of aromatic nitrogens is 2. The van der Waals surface area contributed by atoms with Gasteiger partial charge in [0.25, 0.3) is 0 Å². The molecule has 0 radical (unpaired) electrons. The van der Waals surface area contributed by atoms with Gasteiger partial charge in [0.05, 0.1) is 5.56 Å². The Morgan fingerprint density at radius 2 is 2.25 bits per heavy atom. The summed E-state index contributed by atoms with van der Waals surface area (Å²) in [5, 5.41) is 0. The third kappa shape index (κ3) is 1.27. The van der Waals surface area contributed by atoms with Crippen molar-refractivity contribution in [3.63, 3.8) is 0 Å². The SMILES string of the molecule is C1=CN=Cc2cncnc2N=C1. The summed E-state index contributed by atoms with van der Waals surface area (Å²) in [5.41, 5.74) is 0.832. The van der Waals surface area contributed by atoms with Crippen molar-refractivity contribution in [1.82, 2.24) is 9.97 Å². The van der Waals surface area contributed by atoms with Gasteiger partial charge >= 0.3 is 0 Å². The van der Waals surface area contributed by atoms with Crippen LogP contribution in [0.15, 0.2) is 34.8 Å². The van der Waals surface area contributed by atoms with Gasteiger partial charge in [0.15, 0.2) is 5.82 Å². The minimum absolute atomic E-state index is 0.651. The van der Waals surface area contributed by atoms with Crippen molar-refractivity contribution in [2.75, 3.05) is 0 Å². The normalized spacial score (nSPS) is 13.7. The lowest BCUT2D eigenvalue weighted by Crippen LogP contribution is -1.88. The van der Waals surface area contributed by atoms with E-state index in [9.17, 15) is 0 Å². The van der Waals surface area contributed by atoms with Crippen LogP contribution in [0.2, 0.25) is 0 Å². The van der Waals surface area contributed by atoms with Gasteiger partial charge in [-0.15, -0.1) is 0 Å². The molecule has 12 heavy (non-hydrogen) atoms. The second kappa shape index (κ2) is 3.04. The first-order valence-electron chi connectivity index (χ1n) is 3.49. The van der Waals surface area contributed by atoms with Crippen LogP contribution in [0.4, 0.5) is 5.82 Å². The smallest absolute Gasteiger partial charge is 0.164 e. The van der Waals surface area contributed by atoms with Gasteiger partial charge in [-0.05, 0) is 6.08 Å². The molecule has 0 N–H and O–H groups in total. The highest BCUT2D eigenvalue weighted by molar-refractivity contribution is 5.88. The number of hydrogen-bond donors (Lipinski definition) is 0. The van der Waals surface area contributed by atoms with E-state index in [1.54, 1.807) is 30.9 Å². The van der Waals surface area contributed by atoms with Crippen molar-refractivity contribution < 1.29 is 0 Å². The van der Waals surface area contributed by atoms with Crippen LogP contribution in [0, 0.1) is 0 Å². The summed E-state index contributed by atoms with van der Waals surface area (Å²) in [7, 11) is 0. The van der Waals surface area contributed by atoms with Crippen LogP contribution in [0.5, 0.6) is 0 Å². The Hall–Kier alpha value is -1.84. The number of rotatable bonds is 0. The summed E-state index contributed by atoms with van der Waals surface area (Å²) in [5.74, 6) is 0.651. The maximum absolute atomic E-state index is 4.09. The monoisotopic (exact) mass is 158 g/mol. The van der Waals surface area contributed by atoms with Crippen molar-refractivity contribution in [2.24, 2.45) is 9.98 Å². The highest BCUT2D eigenvalue weighted by atomic mass is 14.9. The third-order valence-electron chi connectivity index (χ3n) is 1.39. The minimum Gasteiger partial charge on any atom is -0.264 e. The van der Waals surface area contributed by atoms with Crippen LogP contribution < -0.4 is 0 Å². The molecule has 0 spiro atoms. The molecule has 0 saturated carbocycles. The van der Waals surface area contributed by atoms with Crippen molar-refractivity contribution in [3.8, 4) is 0 Å². The molecule has 0 unspecified atom stereocenters. The standard InChI is InChI=1S/C8H6N4/c1-2-9-4-7-5-10-6-12-8(7)11-3-1/h1-6H. The summed E-state index contributed by atoms with van der Waals surface area (Å²) in [6.07, 6.45) is 9.91. The highest BCUT2D eigenvalue weighted by Gasteiger charge is 1.98. The van der Waals surface area contributed by atoms with Gasteiger partial charge in [-0.3, -0.25) is 4.99 Å².